The van der Waals surface area contributed by atoms with Gasteiger partial charge in [0.15, 0.2) is 23.1 Å². The lowest BCUT2D eigenvalue weighted by atomic mass is 9.82. The second-order valence-electron chi connectivity index (χ2n) is 10.6. The lowest BCUT2D eigenvalue weighted by molar-refractivity contribution is 0.0962. The van der Waals surface area contributed by atoms with Crippen LogP contribution in [0.3, 0.4) is 0 Å². The summed E-state index contributed by atoms with van der Waals surface area (Å²) in [5, 5.41) is 8.68. The molecule has 0 bridgehead atoms. The number of hydrogen-bond acceptors (Lipinski definition) is 6. The highest BCUT2D eigenvalue weighted by Gasteiger charge is 2.33. The van der Waals surface area contributed by atoms with Gasteiger partial charge in [0.1, 0.15) is 5.84 Å². The summed E-state index contributed by atoms with van der Waals surface area (Å²) in [5.41, 5.74) is 4.59. The van der Waals surface area contributed by atoms with Crippen molar-refractivity contribution in [2.24, 2.45) is 0 Å². The van der Waals surface area contributed by atoms with E-state index in [4.69, 9.17) is 19.6 Å². The molecule has 0 saturated carbocycles. The Bertz CT molecular complexity index is 1200. The minimum Gasteiger partial charge on any atom is -0.490 e. The van der Waals surface area contributed by atoms with E-state index in [1.807, 2.05) is 19.1 Å². The standard InChI is InChI=1S/C29H38FN3O4/c1-7-36-24-15-20-16-33(28(31)25(20)26(30)27(24)37-8-2)17-23(34)19-13-21(29(4,5)6)18(3)22(14-19)32-9-11-35-12-10-32/h13-15,31H,7-12,16-17H2,1-6H3. The van der Waals surface area contributed by atoms with Crippen LogP contribution < -0.4 is 14.4 Å². The number of fused-ring (bicyclic) bond motifs is 1. The molecule has 1 N–H and O–H groups in total. The summed E-state index contributed by atoms with van der Waals surface area (Å²) in [5.74, 6) is -0.383. The van der Waals surface area contributed by atoms with Gasteiger partial charge in [0.25, 0.3) is 0 Å². The molecule has 0 unspecified atom stereocenters. The molecular formula is C29H38FN3O4. The van der Waals surface area contributed by atoms with Crippen LogP contribution in [0.4, 0.5) is 10.1 Å². The molecule has 1 fully saturated rings. The number of nitrogens with zero attached hydrogens (tertiary/aromatic N) is 2. The molecule has 37 heavy (non-hydrogen) atoms. The summed E-state index contributed by atoms with van der Waals surface area (Å²) in [4.78, 5) is 17.5. The number of carbonyl (C=O) groups excluding carboxylic acids is 1. The molecule has 0 aromatic heterocycles. The van der Waals surface area contributed by atoms with Crippen molar-refractivity contribution >= 4 is 17.3 Å². The van der Waals surface area contributed by atoms with Crippen molar-refractivity contribution in [2.75, 3.05) is 51.0 Å². The maximum atomic E-state index is 15.4. The quantitative estimate of drug-likeness (QED) is 0.498. The van der Waals surface area contributed by atoms with Crippen LogP contribution in [0.5, 0.6) is 11.5 Å². The van der Waals surface area contributed by atoms with E-state index in [0.29, 0.717) is 36.7 Å². The maximum Gasteiger partial charge on any atom is 0.197 e. The number of amidine groups is 1. The van der Waals surface area contributed by atoms with Crippen LogP contribution in [0.2, 0.25) is 0 Å². The highest BCUT2D eigenvalue weighted by molar-refractivity contribution is 6.06. The van der Waals surface area contributed by atoms with Crippen LogP contribution in [0.15, 0.2) is 18.2 Å². The van der Waals surface area contributed by atoms with E-state index in [-0.39, 0.29) is 48.0 Å². The number of benzene rings is 2. The molecule has 2 aliphatic heterocycles. The first-order valence-corrected chi connectivity index (χ1v) is 13.0. The number of anilines is 1. The fourth-order valence-corrected chi connectivity index (χ4v) is 5.19. The molecule has 0 aliphatic carbocycles. The predicted octanol–water partition coefficient (Wildman–Crippen LogP) is 5.09. The van der Waals surface area contributed by atoms with Gasteiger partial charge in [-0.05, 0) is 61.1 Å². The van der Waals surface area contributed by atoms with Gasteiger partial charge in [-0.25, -0.2) is 4.39 Å². The van der Waals surface area contributed by atoms with E-state index in [9.17, 15) is 4.79 Å². The molecule has 0 amide bonds. The fourth-order valence-electron chi connectivity index (χ4n) is 5.19. The van der Waals surface area contributed by atoms with Gasteiger partial charge < -0.3 is 24.0 Å². The average Bonchev–Trinajstić information content (AvgIpc) is 3.16. The monoisotopic (exact) mass is 511 g/mol. The molecule has 2 aromatic rings. The van der Waals surface area contributed by atoms with Crippen molar-refractivity contribution in [1.82, 2.24) is 4.90 Å². The lowest BCUT2D eigenvalue weighted by Gasteiger charge is -2.33. The summed E-state index contributed by atoms with van der Waals surface area (Å²) in [7, 11) is 0. The molecule has 1 saturated heterocycles. The third kappa shape index (κ3) is 5.30. The molecule has 200 valence electrons. The molecular weight excluding hydrogens is 473 g/mol. The highest BCUT2D eigenvalue weighted by Crippen LogP contribution is 2.39. The number of ketones is 1. The summed E-state index contributed by atoms with van der Waals surface area (Å²) in [6.45, 7) is 15.9. The minimum atomic E-state index is -0.609. The Morgan fingerprint density at radius 1 is 1.11 bits per heavy atom. The molecule has 7 nitrogen and oxygen atoms in total. The van der Waals surface area contributed by atoms with Gasteiger partial charge in [-0.3, -0.25) is 10.2 Å². The zero-order valence-corrected chi connectivity index (χ0v) is 22.8. The predicted molar refractivity (Wildman–Crippen MR) is 143 cm³/mol. The van der Waals surface area contributed by atoms with Gasteiger partial charge in [-0.15, -0.1) is 0 Å². The van der Waals surface area contributed by atoms with E-state index in [1.165, 1.54) is 5.56 Å². The number of nitrogens with one attached hydrogen (secondary N) is 1. The number of rotatable bonds is 8. The Balaban J connectivity index is 1.65. The van der Waals surface area contributed by atoms with Crippen LogP contribution >= 0.6 is 0 Å². The van der Waals surface area contributed by atoms with E-state index in [2.05, 4.69) is 32.6 Å². The van der Waals surface area contributed by atoms with Crippen LogP contribution in [-0.2, 0) is 16.7 Å². The minimum absolute atomic E-state index is 0.0126. The summed E-state index contributed by atoms with van der Waals surface area (Å²) in [6, 6.07) is 5.67. The summed E-state index contributed by atoms with van der Waals surface area (Å²) < 4.78 is 32.1. The first-order chi connectivity index (χ1) is 17.6. The molecule has 2 aliphatic rings. The molecule has 0 spiro atoms. The van der Waals surface area contributed by atoms with E-state index < -0.39 is 5.82 Å². The Hall–Kier alpha value is -3.13. The number of Topliss-reactive ketones (excluding diaryl/α,β-unsaturated/α-hetero) is 1. The van der Waals surface area contributed by atoms with Crippen molar-refractivity contribution < 1.29 is 23.4 Å². The van der Waals surface area contributed by atoms with Crippen LogP contribution in [0.25, 0.3) is 0 Å². The first kappa shape index (κ1) is 26.9. The smallest absolute Gasteiger partial charge is 0.197 e. The number of ether oxygens (including phenoxy) is 3. The molecule has 2 aromatic carbocycles. The number of carbonyl (C=O) groups is 1. The Kier molecular flexibility index (Phi) is 7.78. The summed E-state index contributed by atoms with van der Waals surface area (Å²) >= 11 is 0. The first-order valence-electron chi connectivity index (χ1n) is 13.0. The second-order valence-corrected chi connectivity index (χ2v) is 10.6. The van der Waals surface area contributed by atoms with Crippen molar-refractivity contribution in [2.45, 2.75) is 53.5 Å². The SMILES string of the molecule is CCOc1cc2c(c(F)c1OCC)C(=N)N(CC(=O)c1cc(N3CCOCC3)c(C)c(C(C)(C)C)c1)C2. The zero-order valence-electron chi connectivity index (χ0n) is 22.8. The van der Waals surface area contributed by atoms with Crippen molar-refractivity contribution in [3.8, 4) is 11.5 Å². The van der Waals surface area contributed by atoms with Crippen molar-refractivity contribution in [1.29, 1.82) is 5.41 Å². The highest BCUT2D eigenvalue weighted by atomic mass is 19.1. The van der Waals surface area contributed by atoms with Gasteiger partial charge in [-0.2, -0.15) is 0 Å². The normalized spacial score (nSPS) is 15.7. The van der Waals surface area contributed by atoms with Gasteiger partial charge in [0, 0.05) is 30.9 Å². The summed E-state index contributed by atoms with van der Waals surface area (Å²) in [6.07, 6.45) is 0. The number of hydrogen-bond donors (Lipinski definition) is 1. The fraction of sp³-hybridized carbons (Fsp3) is 0.517. The Morgan fingerprint density at radius 3 is 2.41 bits per heavy atom. The third-order valence-electron chi connectivity index (χ3n) is 6.97. The number of halogens is 1. The lowest BCUT2D eigenvalue weighted by Crippen LogP contribution is -2.37. The largest absolute Gasteiger partial charge is 0.490 e. The molecule has 0 radical (unpaired) electrons. The average molecular weight is 512 g/mol. The van der Waals surface area contributed by atoms with Gasteiger partial charge >= 0.3 is 0 Å². The van der Waals surface area contributed by atoms with Gasteiger partial charge in [0.05, 0.1) is 38.5 Å². The molecule has 0 atom stereocenters. The van der Waals surface area contributed by atoms with Crippen molar-refractivity contribution in [3.63, 3.8) is 0 Å². The van der Waals surface area contributed by atoms with Crippen LogP contribution in [-0.4, -0.2) is 62.6 Å². The van der Waals surface area contributed by atoms with Crippen LogP contribution in [0.1, 0.15) is 67.2 Å². The van der Waals surface area contributed by atoms with E-state index in [1.54, 1.807) is 17.9 Å². The third-order valence-corrected chi connectivity index (χ3v) is 6.97. The molecule has 2 heterocycles. The van der Waals surface area contributed by atoms with Gasteiger partial charge in [-0.1, -0.05) is 20.8 Å². The Labute approximate surface area is 219 Å². The Morgan fingerprint density at radius 2 is 1.78 bits per heavy atom. The van der Waals surface area contributed by atoms with Gasteiger partial charge in [0.2, 0.25) is 0 Å². The second kappa shape index (κ2) is 10.7. The zero-order chi connectivity index (χ0) is 26.9. The van der Waals surface area contributed by atoms with Crippen LogP contribution in [0, 0.1) is 18.2 Å². The molecule has 4 rings (SSSR count). The maximum absolute atomic E-state index is 15.4. The topological polar surface area (TPSA) is 75.1 Å². The number of morpholine rings is 1. The van der Waals surface area contributed by atoms with E-state index >= 15 is 4.39 Å². The molecule has 8 heteroatoms. The van der Waals surface area contributed by atoms with Crippen molar-refractivity contribution in [3.05, 3.63) is 51.8 Å². The van der Waals surface area contributed by atoms with E-state index in [0.717, 1.165) is 24.3 Å².